The van der Waals surface area contributed by atoms with Gasteiger partial charge in [0, 0.05) is 19.3 Å². The van der Waals surface area contributed by atoms with Gasteiger partial charge in [-0.15, -0.1) is 0 Å². The van der Waals surface area contributed by atoms with Crippen molar-refractivity contribution in [1.82, 2.24) is 20.2 Å². The molecular weight excluding hydrogens is 260 g/mol. The third-order valence-corrected chi connectivity index (χ3v) is 2.99. The van der Waals surface area contributed by atoms with Crippen LogP contribution in [0.1, 0.15) is 10.4 Å². The highest BCUT2D eigenvalue weighted by molar-refractivity contribution is 6.06. The Labute approximate surface area is 115 Å². The molecule has 1 saturated heterocycles. The number of hydrogen-bond acceptors (Lipinski definition) is 6. The Morgan fingerprint density at radius 1 is 1.35 bits per heavy atom. The number of aromatic nitrogens is 4. The van der Waals surface area contributed by atoms with Crippen LogP contribution in [0.5, 0.6) is 0 Å². The summed E-state index contributed by atoms with van der Waals surface area (Å²) >= 11 is 0. The van der Waals surface area contributed by atoms with E-state index in [-0.39, 0.29) is 5.91 Å². The van der Waals surface area contributed by atoms with E-state index in [4.69, 9.17) is 4.74 Å². The van der Waals surface area contributed by atoms with Crippen LogP contribution in [0.2, 0.25) is 0 Å². The molecule has 3 heterocycles. The van der Waals surface area contributed by atoms with Crippen molar-refractivity contribution in [1.29, 1.82) is 0 Å². The zero-order valence-electron chi connectivity index (χ0n) is 10.7. The normalized spacial score (nSPS) is 15.1. The van der Waals surface area contributed by atoms with Crippen LogP contribution in [-0.4, -0.2) is 52.4 Å². The SMILES string of the molecule is O=C(Nc1ncn[nH]1)c1cccnc1N1CCOCC1. The molecule has 0 aromatic carbocycles. The number of morpholine rings is 1. The van der Waals surface area contributed by atoms with E-state index in [1.54, 1.807) is 18.3 Å². The van der Waals surface area contributed by atoms with Crippen LogP contribution in [0.15, 0.2) is 24.7 Å². The second-order valence-electron chi connectivity index (χ2n) is 4.26. The van der Waals surface area contributed by atoms with Gasteiger partial charge in [-0.25, -0.2) is 10.1 Å². The average molecular weight is 274 g/mol. The molecule has 20 heavy (non-hydrogen) atoms. The third kappa shape index (κ3) is 2.59. The van der Waals surface area contributed by atoms with E-state index in [1.807, 2.05) is 4.90 Å². The molecule has 1 fully saturated rings. The summed E-state index contributed by atoms with van der Waals surface area (Å²) in [4.78, 5) is 22.5. The molecule has 2 aromatic rings. The molecule has 2 aromatic heterocycles. The van der Waals surface area contributed by atoms with Gasteiger partial charge in [0.1, 0.15) is 12.1 Å². The molecule has 3 rings (SSSR count). The van der Waals surface area contributed by atoms with Gasteiger partial charge >= 0.3 is 0 Å². The molecule has 0 aliphatic carbocycles. The molecule has 2 N–H and O–H groups in total. The minimum Gasteiger partial charge on any atom is -0.378 e. The van der Waals surface area contributed by atoms with Crippen molar-refractivity contribution in [3.63, 3.8) is 0 Å². The maximum Gasteiger partial charge on any atom is 0.261 e. The maximum absolute atomic E-state index is 12.3. The van der Waals surface area contributed by atoms with Crippen LogP contribution in [0.25, 0.3) is 0 Å². The van der Waals surface area contributed by atoms with Crippen LogP contribution >= 0.6 is 0 Å². The number of carbonyl (C=O) groups excluding carboxylic acids is 1. The van der Waals surface area contributed by atoms with Crippen molar-refractivity contribution in [2.45, 2.75) is 0 Å². The van der Waals surface area contributed by atoms with Gasteiger partial charge in [0.2, 0.25) is 5.95 Å². The first-order valence-corrected chi connectivity index (χ1v) is 6.29. The van der Waals surface area contributed by atoms with Crippen LogP contribution in [-0.2, 0) is 4.74 Å². The topological polar surface area (TPSA) is 96.0 Å². The highest BCUT2D eigenvalue weighted by Crippen LogP contribution is 2.19. The summed E-state index contributed by atoms with van der Waals surface area (Å²) in [5.41, 5.74) is 0.505. The molecular formula is C12H14N6O2. The highest BCUT2D eigenvalue weighted by Gasteiger charge is 2.20. The van der Waals surface area contributed by atoms with Crippen molar-refractivity contribution < 1.29 is 9.53 Å². The molecule has 0 unspecified atom stereocenters. The standard InChI is InChI=1S/C12H14N6O2/c19-11(16-12-14-8-15-17-12)9-2-1-3-13-10(9)18-4-6-20-7-5-18/h1-3,8H,4-7H2,(H2,14,15,16,17,19). The Bertz CT molecular complexity index is 579. The summed E-state index contributed by atoms with van der Waals surface area (Å²) in [6.45, 7) is 2.72. The van der Waals surface area contributed by atoms with E-state index in [0.29, 0.717) is 30.5 Å². The number of nitrogens with one attached hydrogen (secondary N) is 2. The van der Waals surface area contributed by atoms with E-state index >= 15 is 0 Å². The first-order chi connectivity index (χ1) is 9.84. The summed E-state index contributed by atoms with van der Waals surface area (Å²) in [6.07, 6.45) is 3.01. The summed E-state index contributed by atoms with van der Waals surface area (Å²) in [5.74, 6) is 0.705. The minimum atomic E-state index is -0.267. The molecule has 0 atom stereocenters. The number of H-pyrrole nitrogens is 1. The Morgan fingerprint density at radius 3 is 2.95 bits per heavy atom. The Morgan fingerprint density at radius 2 is 2.20 bits per heavy atom. The van der Waals surface area contributed by atoms with E-state index in [2.05, 4.69) is 25.5 Å². The molecule has 8 nitrogen and oxygen atoms in total. The quantitative estimate of drug-likeness (QED) is 0.835. The predicted molar refractivity (Wildman–Crippen MR) is 71.6 cm³/mol. The van der Waals surface area contributed by atoms with Crippen molar-refractivity contribution in [3.8, 4) is 0 Å². The van der Waals surface area contributed by atoms with E-state index in [9.17, 15) is 4.79 Å². The lowest BCUT2D eigenvalue weighted by atomic mass is 10.2. The molecule has 0 radical (unpaired) electrons. The van der Waals surface area contributed by atoms with Gasteiger partial charge in [-0.05, 0) is 12.1 Å². The zero-order chi connectivity index (χ0) is 13.8. The molecule has 1 aliphatic heterocycles. The number of rotatable bonds is 3. The first-order valence-electron chi connectivity index (χ1n) is 6.29. The first kappa shape index (κ1) is 12.5. The van der Waals surface area contributed by atoms with E-state index in [1.165, 1.54) is 6.33 Å². The van der Waals surface area contributed by atoms with Gasteiger partial charge in [-0.3, -0.25) is 10.1 Å². The van der Waals surface area contributed by atoms with Gasteiger partial charge in [-0.2, -0.15) is 10.1 Å². The van der Waals surface area contributed by atoms with Crippen LogP contribution in [0, 0.1) is 0 Å². The fourth-order valence-corrected chi connectivity index (χ4v) is 2.04. The van der Waals surface area contributed by atoms with Crippen molar-refractivity contribution in [2.75, 3.05) is 36.5 Å². The number of nitrogens with zero attached hydrogens (tertiary/aromatic N) is 4. The molecule has 104 valence electrons. The second-order valence-corrected chi connectivity index (χ2v) is 4.26. The number of pyridine rings is 1. The van der Waals surface area contributed by atoms with Crippen LogP contribution < -0.4 is 10.2 Å². The Hall–Kier alpha value is -2.48. The van der Waals surface area contributed by atoms with Crippen molar-refractivity contribution in [3.05, 3.63) is 30.2 Å². The number of carbonyl (C=O) groups is 1. The Balaban J connectivity index is 1.83. The number of amides is 1. The lowest BCUT2D eigenvalue weighted by Gasteiger charge is -2.28. The van der Waals surface area contributed by atoms with Crippen molar-refractivity contribution >= 4 is 17.7 Å². The fraction of sp³-hybridized carbons (Fsp3) is 0.333. The Kier molecular flexibility index (Phi) is 3.55. The lowest BCUT2D eigenvalue weighted by Crippen LogP contribution is -2.38. The summed E-state index contributed by atoms with van der Waals surface area (Å²) in [5, 5.41) is 8.93. The zero-order valence-corrected chi connectivity index (χ0v) is 10.7. The monoisotopic (exact) mass is 274 g/mol. The predicted octanol–water partition coefficient (Wildman–Crippen LogP) is 0.289. The summed E-state index contributed by atoms with van der Waals surface area (Å²) in [6, 6.07) is 3.47. The lowest BCUT2D eigenvalue weighted by molar-refractivity contribution is 0.102. The molecule has 8 heteroatoms. The minimum absolute atomic E-state index is 0.267. The molecule has 0 saturated carbocycles. The number of aromatic amines is 1. The average Bonchev–Trinajstić information content (AvgIpc) is 3.01. The smallest absolute Gasteiger partial charge is 0.261 e. The van der Waals surface area contributed by atoms with Gasteiger partial charge in [0.25, 0.3) is 5.91 Å². The van der Waals surface area contributed by atoms with E-state index < -0.39 is 0 Å². The number of ether oxygens (including phenoxy) is 1. The number of hydrogen-bond donors (Lipinski definition) is 2. The van der Waals surface area contributed by atoms with Crippen LogP contribution in [0.3, 0.4) is 0 Å². The second kappa shape index (κ2) is 5.66. The summed E-state index contributed by atoms with van der Waals surface area (Å²) < 4.78 is 5.31. The molecule has 1 amide bonds. The molecule has 0 bridgehead atoms. The van der Waals surface area contributed by atoms with Crippen LogP contribution in [0.4, 0.5) is 11.8 Å². The fourth-order valence-electron chi connectivity index (χ4n) is 2.04. The molecule has 0 spiro atoms. The van der Waals surface area contributed by atoms with Gasteiger partial charge in [0.15, 0.2) is 0 Å². The molecule has 1 aliphatic rings. The number of anilines is 2. The summed E-state index contributed by atoms with van der Waals surface area (Å²) in [7, 11) is 0. The van der Waals surface area contributed by atoms with Gasteiger partial charge in [-0.1, -0.05) is 0 Å². The van der Waals surface area contributed by atoms with E-state index in [0.717, 1.165) is 13.1 Å². The van der Waals surface area contributed by atoms with Gasteiger partial charge < -0.3 is 9.64 Å². The highest BCUT2D eigenvalue weighted by atomic mass is 16.5. The maximum atomic E-state index is 12.3. The van der Waals surface area contributed by atoms with Gasteiger partial charge in [0.05, 0.1) is 18.8 Å². The van der Waals surface area contributed by atoms with Crippen molar-refractivity contribution in [2.24, 2.45) is 0 Å². The third-order valence-electron chi connectivity index (χ3n) is 2.99. The largest absolute Gasteiger partial charge is 0.378 e.